The second kappa shape index (κ2) is 14.2. The van der Waals surface area contributed by atoms with Crippen LogP contribution in [0.5, 0.6) is 0 Å². The predicted octanol–water partition coefficient (Wildman–Crippen LogP) is 3.95. The Morgan fingerprint density at radius 2 is 1.85 bits per heavy atom. The summed E-state index contributed by atoms with van der Waals surface area (Å²) in [5, 5.41) is 11.1. The van der Waals surface area contributed by atoms with Gasteiger partial charge in [-0.3, -0.25) is 9.59 Å². The van der Waals surface area contributed by atoms with Crippen molar-refractivity contribution in [2.45, 2.75) is 44.6 Å². The zero-order valence-electron chi connectivity index (χ0n) is 23.4. The molecule has 220 valence electrons. The maximum Gasteiger partial charge on any atom is 0.319 e. The Morgan fingerprint density at radius 1 is 1.07 bits per heavy atom. The number of nitrogens with zero attached hydrogens (tertiary/aromatic N) is 1. The smallest absolute Gasteiger partial charge is 0.319 e. The van der Waals surface area contributed by atoms with Crippen molar-refractivity contribution in [1.29, 1.82) is 0 Å². The number of likely N-dealkylation sites (tertiary alicyclic amines) is 1. The summed E-state index contributed by atoms with van der Waals surface area (Å²) >= 11 is 0. The van der Waals surface area contributed by atoms with Crippen molar-refractivity contribution in [3.63, 3.8) is 0 Å². The molecule has 0 aliphatic carbocycles. The number of anilines is 1. The maximum absolute atomic E-state index is 14.0. The highest BCUT2D eigenvalue weighted by Crippen LogP contribution is 2.30. The first-order valence-electron chi connectivity index (χ1n) is 13.9. The first-order valence-corrected chi connectivity index (χ1v) is 13.9. The zero-order valence-corrected chi connectivity index (χ0v) is 23.4. The van der Waals surface area contributed by atoms with Crippen LogP contribution in [-0.2, 0) is 14.3 Å². The first kappa shape index (κ1) is 30.1. The molecule has 2 aromatic rings. The summed E-state index contributed by atoms with van der Waals surface area (Å²) in [6, 6.07) is 9.82. The van der Waals surface area contributed by atoms with Gasteiger partial charge in [-0.05, 0) is 80.2 Å². The quantitative estimate of drug-likeness (QED) is 0.306. The molecular formula is C30H37F2N5O4. The highest BCUT2D eigenvalue weighted by Gasteiger charge is 2.33. The molecule has 2 aliphatic rings. The molecule has 2 aromatic carbocycles. The van der Waals surface area contributed by atoms with E-state index in [2.05, 4.69) is 38.3 Å². The molecule has 4 N–H and O–H groups in total. The molecule has 41 heavy (non-hydrogen) atoms. The normalized spacial score (nSPS) is 18.0. The number of amides is 4. The van der Waals surface area contributed by atoms with Crippen molar-refractivity contribution in [3.05, 3.63) is 76.5 Å². The summed E-state index contributed by atoms with van der Waals surface area (Å²) < 4.78 is 32.7. The molecule has 0 saturated carbocycles. The van der Waals surface area contributed by atoms with Gasteiger partial charge in [0.05, 0.1) is 23.9 Å². The maximum atomic E-state index is 14.0. The lowest BCUT2D eigenvalue weighted by molar-refractivity contribution is -0.118. The van der Waals surface area contributed by atoms with Gasteiger partial charge in [0.2, 0.25) is 5.91 Å². The molecular weight excluding hydrogens is 532 g/mol. The fraction of sp³-hybridized carbons (Fsp3) is 0.433. The zero-order chi connectivity index (χ0) is 29.4. The summed E-state index contributed by atoms with van der Waals surface area (Å²) in [5.74, 6) is -2.08. The van der Waals surface area contributed by atoms with E-state index >= 15 is 0 Å². The van der Waals surface area contributed by atoms with Gasteiger partial charge >= 0.3 is 6.03 Å². The Hall–Kier alpha value is -3.83. The summed E-state index contributed by atoms with van der Waals surface area (Å²) in [7, 11) is 1.44. The van der Waals surface area contributed by atoms with E-state index in [0.29, 0.717) is 18.9 Å². The number of carbonyl (C=O) groups is 3. The lowest BCUT2D eigenvalue weighted by Crippen LogP contribution is -2.48. The van der Waals surface area contributed by atoms with Crippen LogP contribution in [0.15, 0.2) is 53.7 Å². The average Bonchev–Trinajstić information content (AvgIpc) is 2.97. The van der Waals surface area contributed by atoms with E-state index in [1.807, 2.05) is 19.1 Å². The number of halogens is 2. The second-order valence-corrected chi connectivity index (χ2v) is 10.3. The van der Waals surface area contributed by atoms with Crippen LogP contribution in [0.1, 0.15) is 55.7 Å². The van der Waals surface area contributed by atoms with Gasteiger partial charge in [-0.2, -0.15) is 0 Å². The Bertz CT molecular complexity index is 1290. The third-order valence-corrected chi connectivity index (χ3v) is 7.45. The highest BCUT2D eigenvalue weighted by atomic mass is 19.2. The fourth-order valence-electron chi connectivity index (χ4n) is 5.30. The molecule has 0 radical (unpaired) electrons. The largest absolute Gasteiger partial charge is 0.378 e. The standard InChI is InChI=1S/C30H37F2N5O4/c1-3-26(38)34-22-7-4-6-20(16-22)19-10-14-37(15-11-19)13-5-12-33-29(39)27-25(18-41-2)35-30(40)36-28(27)21-8-9-23(31)24(32)17-21/h4,6-9,16-17,19,28H,3,5,10-15,18H2,1-2H3,(H,33,39)(H,34,38)(H2,35,36,40). The lowest BCUT2D eigenvalue weighted by Gasteiger charge is -2.32. The number of hydrogen-bond donors (Lipinski definition) is 4. The molecule has 1 fully saturated rings. The Morgan fingerprint density at radius 3 is 2.56 bits per heavy atom. The van der Waals surface area contributed by atoms with Gasteiger partial charge in [-0.1, -0.05) is 25.1 Å². The third kappa shape index (κ3) is 7.89. The van der Waals surface area contributed by atoms with Crippen LogP contribution in [0, 0.1) is 11.6 Å². The number of methoxy groups -OCH3 is 1. The summed E-state index contributed by atoms with van der Waals surface area (Å²) in [4.78, 5) is 39.6. The minimum atomic E-state index is -1.07. The van der Waals surface area contributed by atoms with Gasteiger partial charge in [-0.25, -0.2) is 13.6 Å². The van der Waals surface area contributed by atoms with Crippen LogP contribution in [0.4, 0.5) is 19.3 Å². The SMILES string of the molecule is CCC(=O)Nc1cccc(C2CCN(CCCNC(=O)C3=C(COC)NC(=O)NC3c3ccc(F)c(F)c3)CC2)c1. The van der Waals surface area contributed by atoms with Gasteiger partial charge in [-0.15, -0.1) is 0 Å². The molecule has 2 heterocycles. The number of hydrogen-bond acceptors (Lipinski definition) is 5. The molecule has 0 bridgehead atoms. The molecule has 0 aromatic heterocycles. The van der Waals surface area contributed by atoms with Crippen LogP contribution >= 0.6 is 0 Å². The minimum Gasteiger partial charge on any atom is -0.378 e. The van der Waals surface area contributed by atoms with E-state index in [0.717, 1.165) is 56.7 Å². The number of rotatable bonds is 11. The van der Waals surface area contributed by atoms with Crippen molar-refractivity contribution in [3.8, 4) is 0 Å². The van der Waals surface area contributed by atoms with E-state index in [9.17, 15) is 23.2 Å². The van der Waals surface area contributed by atoms with E-state index in [1.54, 1.807) is 0 Å². The molecule has 11 heteroatoms. The second-order valence-electron chi connectivity index (χ2n) is 10.3. The Kier molecular flexibility index (Phi) is 10.4. The Balaban J connectivity index is 1.30. The van der Waals surface area contributed by atoms with Crippen molar-refractivity contribution in [2.75, 3.05) is 45.2 Å². The van der Waals surface area contributed by atoms with Crippen LogP contribution < -0.4 is 21.3 Å². The molecule has 0 spiro atoms. The van der Waals surface area contributed by atoms with Gasteiger partial charge in [0.25, 0.3) is 5.91 Å². The van der Waals surface area contributed by atoms with Crippen LogP contribution in [0.25, 0.3) is 0 Å². The number of carbonyl (C=O) groups excluding carboxylic acids is 3. The minimum absolute atomic E-state index is 0.000327. The third-order valence-electron chi connectivity index (χ3n) is 7.45. The fourth-order valence-corrected chi connectivity index (χ4v) is 5.30. The van der Waals surface area contributed by atoms with Gasteiger partial charge in [0.1, 0.15) is 0 Å². The van der Waals surface area contributed by atoms with Gasteiger partial charge < -0.3 is 30.9 Å². The van der Waals surface area contributed by atoms with Crippen molar-refractivity contribution < 1.29 is 27.9 Å². The lowest BCUT2D eigenvalue weighted by atomic mass is 9.89. The van der Waals surface area contributed by atoms with Crippen LogP contribution in [0.3, 0.4) is 0 Å². The summed E-state index contributed by atoms with van der Waals surface area (Å²) in [6.07, 6.45) is 3.17. The molecule has 1 saturated heterocycles. The number of ether oxygens (including phenoxy) is 1. The van der Waals surface area contributed by atoms with Crippen LogP contribution in [-0.4, -0.2) is 62.6 Å². The van der Waals surface area contributed by atoms with E-state index < -0.39 is 29.6 Å². The molecule has 4 rings (SSSR count). The number of piperidine rings is 1. The monoisotopic (exact) mass is 569 g/mol. The summed E-state index contributed by atoms with van der Waals surface area (Å²) in [6.45, 7) is 4.88. The first-order chi connectivity index (χ1) is 19.8. The van der Waals surface area contributed by atoms with E-state index in [-0.39, 0.29) is 29.3 Å². The van der Waals surface area contributed by atoms with Gasteiger partial charge in [0.15, 0.2) is 11.6 Å². The number of nitrogens with one attached hydrogen (secondary N) is 4. The molecule has 1 unspecified atom stereocenters. The average molecular weight is 570 g/mol. The van der Waals surface area contributed by atoms with E-state index in [1.165, 1.54) is 18.7 Å². The highest BCUT2D eigenvalue weighted by molar-refractivity contribution is 5.98. The molecule has 9 nitrogen and oxygen atoms in total. The summed E-state index contributed by atoms with van der Waals surface area (Å²) in [5.41, 5.74) is 2.77. The predicted molar refractivity (Wildman–Crippen MR) is 151 cm³/mol. The topological polar surface area (TPSA) is 112 Å². The van der Waals surface area contributed by atoms with Crippen molar-refractivity contribution in [1.82, 2.24) is 20.9 Å². The van der Waals surface area contributed by atoms with Crippen molar-refractivity contribution >= 4 is 23.5 Å². The molecule has 2 aliphatic heterocycles. The molecule has 1 atom stereocenters. The Labute approximate surface area is 238 Å². The van der Waals surface area contributed by atoms with Gasteiger partial charge in [0, 0.05) is 25.8 Å². The molecule has 4 amide bonds. The van der Waals surface area contributed by atoms with Crippen LogP contribution in [0.2, 0.25) is 0 Å². The number of benzene rings is 2. The number of urea groups is 1. The van der Waals surface area contributed by atoms with Crippen molar-refractivity contribution in [2.24, 2.45) is 0 Å². The van der Waals surface area contributed by atoms with E-state index in [4.69, 9.17) is 4.74 Å².